The second-order valence-electron chi connectivity index (χ2n) is 4.27. The molecule has 0 spiro atoms. The summed E-state index contributed by atoms with van der Waals surface area (Å²) < 4.78 is 45.5. The zero-order valence-electron chi connectivity index (χ0n) is 10.8. The highest BCUT2D eigenvalue weighted by atomic mass is 19.4. The lowest BCUT2D eigenvalue weighted by Crippen LogP contribution is -2.13. The molecule has 0 amide bonds. The quantitative estimate of drug-likeness (QED) is 0.879. The maximum absolute atomic E-state index is 12.8. The summed E-state index contributed by atoms with van der Waals surface area (Å²) in [6.45, 7) is 2.35. The highest BCUT2D eigenvalue weighted by Gasteiger charge is 2.34. The number of aryl methyl sites for hydroxylation is 1. The number of imidazole rings is 1. The summed E-state index contributed by atoms with van der Waals surface area (Å²) in [4.78, 5) is 4.02. The van der Waals surface area contributed by atoms with Crippen LogP contribution in [-0.2, 0) is 12.7 Å². The Bertz CT molecular complexity index is 593. The number of anilines is 1. The molecule has 0 aliphatic carbocycles. The van der Waals surface area contributed by atoms with Crippen LogP contribution in [0.3, 0.4) is 0 Å². The lowest BCUT2D eigenvalue weighted by molar-refractivity contribution is -0.138. The molecule has 0 unspecified atom stereocenters. The van der Waals surface area contributed by atoms with Crippen LogP contribution in [0.4, 0.5) is 18.9 Å². The zero-order chi connectivity index (χ0) is 14.8. The predicted octanol–water partition coefficient (Wildman–Crippen LogP) is 2.87. The van der Waals surface area contributed by atoms with Crippen LogP contribution in [0.15, 0.2) is 30.6 Å². The fourth-order valence-electron chi connectivity index (χ4n) is 1.79. The van der Waals surface area contributed by atoms with Crippen molar-refractivity contribution >= 4 is 5.69 Å². The third-order valence-electron chi connectivity index (χ3n) is 2.82. The summed E-state index contributed by atoms with van der Waals surface area (Å²) in [6, 6.07) is 3.49. The van der Waals surface area contributed by atoms with Crippen LogP contribution in [0.1, 0.15) is 11.4 Å². The maximum Gasteiger partial charge on any atom is 0.420 e. The van der Waals surface area contributed by atoms with Gasteiger partial charge in [-0.3, -0.25) is 0 Å². The third-order valence-corrected chi connectivity index (χ3v) is 2.82. The van der Waals surface area contributed by atoms with Crippen molar-refractivity contribution in [3.8, 4) is 5.75 Å². The number of halogens is 3. The van der Waals surface area contributed by atoms with Crippen LogP contribution in [0, 0.1) is 6.92 Å². The van der Waals surface area contributed by atoms with E-state index in [0.29, 0.717) is 6.54 Å². The Morgan fingerprint density at radius 3 is 2.70 bits per heavy atom. The molecule has 0 radical (unpaired) electrons. The summed E-state index contributed by atoms with van der Waals surface area (Å²) in [5.74, 6) is 0.561. The largest absolute Gasteiger partial charge is 0.491 e. The third kappa shape index (κ3) is 3.23. The van der Waals surface area contributed by atoms with Gasteiger partial charge in [-0.05, 0) is 25.1 Å². The Balaban J connectivity index is 2.08. The highest BCUT2D eigenvalue weighted by molar-refractivity contribution is 5.49. The summed E-state index contributed by atoms with van der Waals surface area (Å²) in [7, 11) is 0. The number of rotatable bonds is 4. The molecule has 0 saturated carbocycles. The van der Waals surface area contributed by atoms with Gasteiger partial charge < -0.3 is 15.0 Å². The lowest BCUT2D eigenvalue weighted by Gasteiger charge is -2.15. The standard InChI is InChI=1S/C13H14F3N3O/c1-9-18-4-5-19(9)6-7-20-12-3-2-10(17)8-11(12)13(14,15)16/h2-5,8H,6-7,17H2,1H3. The van der Waals surface area contributed by atoms with E-state index in [1.807, 2.05) is 6.92 Å². The van der Waals surface area contributed by atoms with Gasteiger partial charge in [0, 0.05) is 18.1 Å². The molecule has 0 aliphatic heterocycles. The van der Waals surface area contributed by atoms with Crippen molar-refractivity contribution in [3.63, 3.8) is 0 Å². The van der Waals surface area contributed by atoms with Gasteiger partial charge >= 0.3 is 6.18 Å². The first-order chi connectivity index (χ1) is 9.38. The molecule has 0 bridgehead atoms. The van der Waals surface area contributed by atoms with Gasteiger partial charge in [0.1, 0.15) is 18.2 Å². The second kappa shape index (κ2) is 5.44. The molecule has 2 aromatic rings. The molecule has 1 heterocycles. The summed E-state index contributed by atoms with van der Waals surface area (Å²) in [5, 5.41) is 0. The van der Waals surface area contributed by atoms with E-state index < -0.39 is 11.7 Å². The SMILES string of the molecule is Cc1nccn1CCOc1ccc(N)cc1C(F)(F)F. The van der Waals surface area contributed by atoms with Crippen molar-refractivity contribution in [2.24, 2.45) is 0 Å². The van der Waals surface area contributed by atoms with E-state index in [-0.39, 0.29) is 18.0 Å². The molecule has 2 N–H and O–H groups in total. The predicted molar refractivity (Wildman–Crippen MR) is 68.3 cm³/mol. The van der Waals surface area contributed by atoms with E-state index in [1.54, 1.807) is 17.0 Å². The van der Waals surface area contributed by atoms with Crippen LogP contribution >= 0.6 is 0 Å². The molecule has 108 valence electrons. The van der Waals surface area contributed by atoms with Crippen LogP contribution in [0.5, 0.6) is 5.75 Å². The lowest BCUT2D eigenvalue weighted by atomic mass is 10.1. The van der Waals surface area contributed by atoms with E-state index in [0.717, 1.165) is 11.9 Å². The zero-order valence-corrected chi connectivity index (χ0v) is 10.8. The van der Waals surface area contributed by atoms with Gasteiger partial charge in [0.15, 0.2) is 0 Å². The Kier molecular flexibility index (Phi) is 3.87. The molecule has 0 saturated heterocycles. The molecule has 4 nitrogen and oxygen atoms in total. The Morgan fingerprint density at radius 2 is 2.10 bits per heavy atom. The van der Waals surface area contributed by atoms with Crippen molar-refractivity contribution in [3.05, 3.63) is 42.0 Å². The van der Waals surface area contributed by atoms with Gasteiger partial charge in [-0.2, -0.15) is 13.2 Å². The molecule has 1 aromatic heterocycles. The van der Waals surface area contributed by atoms with Gasteiger partial charge in [0.2, 0.25) is 0 Å². The van der Waals surface area contributed by atoms with E-state index in [1.165, 1.54) is 12.1 Å². The van der Waals surface area contributed by atoms with Gasteiger partial charge in [-0.1, -0.05) is 0 Å². The first-order valence-corrected chi connectivity index (χ1v) is 5.95. The topological polar surface area (TPSA) is 53.1 Å². The van der Waals surface area contributed by atoms with Gasteiger partial charge in [-0.15, -0.1) is 0 Å². The van der Waals surface area contributed by atoms with Crippen LogP contribution in [0.2, 0.25) is 0 Å². The van der Waals surface area contributed by atoms with E-state index >= 15 is 0 Å². The van der Waals surface area contributed by atoms with Gasteiger partial charge in [0.05, 0.1) is 12.1 Å². The van der Waals surface area contributed by atoms with Crippen LogP contribution in [-0.4, -0.2) is 16.2 Å². The molecular weight excluding hydrogens is 271 g/mol. The molecule has 0 atom stereocenters. The molecule has 0 fully saturated rings. The number of hydrogen-bond acceptors (Lipinski definition) is 3. The monoisotopic (exact) mass is 285 g/mol. The van der Waals surface area contributed by atoms with E-state index in [2.05, 4.69) is 4.98 Å². The highest BCUT2D eigenvalue weighted by Crippen LogP contribution is 2.37. The number of aromatic nitrogens is 2. The van der Waals surface area contributed by atoms with Crippen LogP contribution < -0.4 is 10.5 Å². The molecule has 20 heavy (non-hydrogen) atoms. The second-order valence-corrected chi connectivity index (χ2v) is 4.27. The van der Waals surface area contributed by atoms with E-state index in [4.69, 9.17) is 10.5 Å². The van der Waals surface area contributed by atoms with Crippen molar-refractivity contribution in [1.82, 2.24) is 9.55 Å². The first kappa shape index (κ1) is 14.2. The Labute approximate surface area is 114 Å². The minimum absolute atomic E-state index is 0.0510. The van der Waals surface area contributed by atoms with Crippen molar-refractivity contribution in [1.29, 1.82) is 0 Å². The van der Waals surface area contributed by atoms with Gasteiger partial charge in [-0.25, -0.2) is 4.98 Å². The Morgan fingerprint density at radius 1 is 1.35 bits per heavy atom. The molecule has 1 aromatic carbocycles. The van der Waals surface area contributed by atoms with Crippen molar-refractivity contribution in [2.45, 2.75) is 19.6 Å². The number of nitrogens with two attached hydrogens (primary N) is 1. The first-order valence-electron chi connectivity index (χ1n) is 5.95. The van der Waals surface area contributed by atoms with Crippen molar-refractivity contribution in [2.75, 3.05) is 12.3 Å². The van der Waals surface area contributed by atoms with Crippen LogP contribution in [0.25, 0.3) is 0 Å². The van der Waals surface area contributed by atoms with E-state index in [9.17, 15) is 13.2 Å². The number of nitrogens with zero attached hydrogens (tertiary/aromatic N) is 2. The number of alkyl halides is 3. The van der Waals surface area contributed by atoms with Crippen molar-refractivity contribution < 1.29 is 17.9 Å². The van der Waals surface area contributed by atoms with Gasteiger partial charge in [0.25, 0.3) is 0 Å². The minimum atomic E-state index is -4.49. The number of benzene rings is 1. The Hall–Kier alpha value is -2.18. The molecule has 0 aliphatic rings. The molecular formula is C13H14F3N3O. The fraction of sp³-hybridized carbons (Fsp3) is 0.308. The smallest absolute Gasteiger partial charge is 0.420 e. The number of hydrogen-bond donors (Lipinski definition) is 1. The summed E-state index contributed by atoms with van der Waals surface area (Å²) in [5.41, 5.74) is 4.57. The summed E-state index contributed by atoms with van der Waals surface area (Å²) >= 11 is 0. The normalized spacial score (nSPS) is 11.6. The maximum atomic E-state index is 12.8. The number of nitrogen functional groups attached to an aromatic ring is 1. The average molecular weight is 285 g/mol. The average Bonchev–Trinajstić information content (AvgIpc) is 2.76. The minimum Gasteiger partial charge on any atom is -0.491 e. The molecule has 2 rings (SSSR count). The fourth-order valence-corrected chi connectivity index (χ4v) is 1.79. The number of ether oxygens (including phenoxy) is 1. The summed E-state index contributed by atoms with van der Waals surface area (Å²) in [6.07, 6.45) is -1.12. The molecule has 7 heteroatoms.